The van der Waals surface area contributed by atoms with Gasteiger partial charge in [-0.2, -0.15) is 0 Å². The summed E-state index contributed by atoms with van der Waals surface area (Å²) in [6.07, 6.45) is 5.21. The standard InChI is InChI=1S/C21H18/c1-13-16-7-2-3-8-18(16)19-12-10-15-6-4-5-14-9-11-17(13)21(19)20(14)15/h4-6,9-12H,2-3,7-8H2,1H3. The third kappa shape index (κ3) is 1.40. The maximum atomic E-state index is 2.37. The first-order chi connectivity index (χ1) is 10.3. The zero-order chi connectivity index (χ0) is 14.0. The van der Waals surface area contributed by atoms with Gasteiger partial charge in [0.1, 0.15) is 0 Å². The molecule has 4 aromatic rings. The van der Waals surface area contributed by atoms with Crippen LogP contribution in [0.1, 0.15) is 29.5 Å². The van der Waals surface area contributed by atoms with Gasteiger partial charge in [0.15, 0.2) is 0 Å². The molecule has 0 aromatic heterocycles. The summed E-state index contributed by atoms with van der Waals surface area (Å²) in [4.78, 5) is 0. The van der Waals surface area contributed by atoms with Crippen molar-refractivity contribution >= 4 is 32.3 Å². The third-order valence-electron chi connectivity index (χ3n) is 5.43. The highest BCUT2D eigenvalue weighted by Crippen LogP contribution is 2.41. The van der Waals surface area contributed by atoms with E-state index in [9.17, 15) is 0 Å². The minimum absolute atomic E-state index is 1.25. The predicted octanol–water partition coefficient (Wildman–Crippen LogP) is 5.77. The number of aryl methyl sites for hydroxylation is 2. The minimum Gasteiger partial charge on any atom is -0.0610 e. The van der Waals surface area contributed by atoms with E-state index in [4.69, 9.17) is 0 Å². The van der Waals surface area contributed by atoms with E-state index in [-0.39, 0.29) is 0 Å². The summed E-state index contributed by atoms with van der Waals surface area (Å²) in [5.74, 6) is 0. The second-order valence-corrected chi connectivity index (χ2v) is 6.47. The minimum atomic E-state index is 1.25. The van der Waals surface area contributed by atoms with Crippen molar-refractivity contribution in [2.24, 2.45) is 0 Å². The van der Waals surface area contributed by atoms with E-state index in [0.717, 1.165) is 0 Å². The molecule has 1 aliphatic rings. The van der Waals surface area contributed by atoms with Crippen LogP contribution >= 0.6 is 0 Å². The highest BCUT2D eigenvalue weighted by atomic mass is 14.2. The van der Waals surface area contributed by atoms with Gasteiger partial charge < -0.3 is 0 Å². The van der Waals surface area contributed by atoms with Gasteiger partial charge >= 0.3 is 0 Å². The highest BCUT2D eigenvalue weighted by Gasteiger charge is 2.19. The first kappa shape index (κ1) is 11.6. The summed E-state index contributed by atoms with van der Waals surface area (Å²) in [7, 11) is 0. The quantitative estimate of drug-likeness (QED) is 0.356. The number of hydrogen-bond donors (Lipinski definition) is 0. The lowest BCUT2D eigenvalue weighted by atomic mass is 9.81. The smallest absolute Gasteiger partial charge is 0.00212 e. The number of benzene rings is 4. The van der Waals surface area contributed by atoms with Crippen LogP contribution in [0.4, 0.5) is 0 Å². The maximum absolute atomic E-state index is 2.37. The topological polar surface area (TPSA) is 0 Å². The summed E-state index contributed by atoms with van der Waals surface area (Å²) in [5, 5.41) is 8.69. The Morgan fingerprint density at radius 1 is 0.667 bits per heavy atom. The molecule has 102 valence electrons. The van der Waals surface area contributed by atoms with Crippen LogP contribution in [0, 0.1) is 6.92 Å². The Hall–Kier alpha value is -2.08. The van der Waals surface area contributed by atoms with Crippen LogP contribution in [0.15, 0.2) is 42.5 Å². The van der Waals surface area contributed by atoms with E-state index in [1.165, 1.54) is 63.6 Å². The monoisotopic (exact) mass is 270 g/mol. The Balaban J connectivity index is 2.13. The fourth-order valence-corrected chi connectivity index (χ4v) is 4.43. The molecule has 0 fully saturated rings. The van der Waals surface area contributed by atoms with Gasteiger partial charge in [0.05, 0.1) is 0 Å². The lowest BCUT2D eigenvalue weighted by Gasteiger charge is -2.23. The summed E-state index contributed by atoms with van der Waals surface area (Å²) >= 11 is 0. The van der Waals surface area contributed by atoms with E-state index >= 15 is 0 Å². The third-order valence-corrected chi connectivity index (χ3v) is 5.43. The fourth-order valence-electron chi connectivity index (χ4n) is 4.43. The normalized spacial score (nSPS) is 15.1. The first-order valence-electron chi connectivity index (χ1n) is 8.02. The van der Waals surface area contributed by atoms with Gasteiger partial charge in [-0.05, 0) is 81.6 Å². The van der Waals surface area contributed by atoms with Crippen LogP contribution in [-0.4, -0.2) is 0 Å². The molecule has 21 heavy (non-hydrogen) atoms. The van der Waals surface area contributed by atoms with E-state index in [0.29, 0.717) is 0 Å². The second kappa shape index (κ2) is 3.98. The number of fused-ring (bicyclic) bond motifs is 2. The van der Waals surface area contributed by atoms with Crippen LogP contribution < -0.4 is 0 Å². The van der Waals surface area contributed by atoms with Crippen LogP contribution in [0.25, 0.3) is 32.3 Å². The molecule has 5 rings (SSSR count). The molecule has 0 saturated carbocycles. The summed E-state index contributed by atoms with van der Waals surface area (Å²) in [6, 6.07) is 16.0. The molecule has 0 heteroatoms. The van der Waals surface area contributed by atoms with Crippen LogP contribution in [-0.2, 0) is 12.8 Å². The Kier molecular flexibility index (Phi) is 2.19. The van der Waals surface area contributed by atoms with Crippen LogP contribution in [0.5, 0.6) is 0 Å². The fraction of sp³-hybridized carbons (Fsp3) is 0.238. The summed E-state index contributed by atoms with van der Waals surface area (Å²) in [6.45, 7) is 2.33. The first-order valence-corrected chi connectivity index (χ1v) is 8.02. The van der Waals surface area contributed by atoms with E-state index in [1.54, 1.807) is 11.1 Å². The molecule has 0 radical (unpaired) electrons. The predicted molar refractivity (Wildman–Crippen MR) is 91.5 cm³/mol. The lowest BCUT2D eigenvalue weighted by Crippen LogP contribution is -2.06. The van der Waals surface area contributed by atoms with Crippen LogP contribution in [0.2, 0.25) is 0 Å². The van der Waals surface area contributed by atoms with Gasteiger partial charge in [0, 0.05) is 0 Å². The van der Waals surface area contributed by atoms with Gasteiger partial charge in [0.2, 0.25) is 0 Å². The molecule has 0 nitrogen and oxygen atoms in total. The summed E-state index contributed by atoms with van der Waals surface area (Å²) in [5.41, 5.74) is 4.78. The SMILES string of the molecule is Cc1c2c(c3ccc4cccc5ccc1c3c54)CCCC2. The molecule has 0 saturated heterocycles. The van der Waals surface area contributed by atoms with Crippen molar-refractivity contribution in [3.63, 3.8) is 0 Å². The molecule has 4 aromatic carbocycles. The average molecular weight is 270 g/mol. The molecule has 0 aliphatic heterocycles. The molecular weight excluding hydrogens is 252 g/mol. The van der Waals surface area contributed by atoms with Gasteiger partial charge in [-0.25, -0.2) is 0 Å². The molecule has 0 heterocycles. The van der Waals surface area contributed by atoms with E-state index in [2.05, 4.69) is 49.4 Å². The van der Waals surface area contributed by atoms with Gasteiger partial charge in [-0.1, -0.05) is 42.5 Å². The van der Waals surface area contributed by atoms with Crippen molar-refractivity contribution in [3.8, 4) is 0 Å². The average Bonchev–Trinajstić information content (AvgIpc) is 2.55. The van der Waals surface area contributed by atoms with Gasteiger partial charge in [0.25, 0.3) is 0 Å². The van der Waals surface area contributed by atoms with Crippen molar-refractivity contribution < 1.29 is 0 Å². The Morgan fingerprint density at radius 2 is 1.33 bits per heavy atom. The molecule has 0 N–H and O–H groups in total. The van der Waals surface area contributed by atoms with E-state index in [1.807, 2.05) is 0 Å². The number of hydrogen-bond acceptors (Lipinski definition) is 0. The molecule has 0 amide bonds. The van der Waals surface area contributed by atoms with Crippen molar-refractivity contribution in [1.29, 1.82) is 0 Å². The molecule has 0 atom stereocenters. The summed E-state index contributed by atoms with van der Waals surface area (Å²) < 4.78 is 0. The zero-order valence-corrected chi connectivity index (χ0v) is 12.4. The van der Waals surface area contributed by atoms with Crippen molar-refractivity contribution in [2.45, 2.75) is 32.6 Å². The van der Waals surface area contributed by atoms with Crippen molar-refractivity contribution in [2.75, 3.05) is 0 Å². The van der Waals surface area contributed by atoms with Gasteiger partial charge in [-0.15, -0.1) is 0 Å². The zero-order valence-electron chi connectivity index (χ0n) is 12.4. The number of rotatable bonds is 0. The molecule has 0 spiro atoms. The Morgan fingerprint density at radius 3 is 2.10 bits per heavy atom. The molecule has 0 bridgehead atoms. The van der Waals surface area contributed by atoms with Gasteiger partial charge in [-0.3, -0.25) is 0 Å². The molecule has 1 aliphatic carbocycles. The van der Waals surface area contributed by atoms with Crippen molar-refractivity contribution in [1.82, 2.24) is 0 Å². The van der Waals surface area contributed by atoms with E-state index < -0.39 is 0 Å². The largest absolute Gasteiger partial charge is 0.0610 e. The van der Waals surface area contributed by atoms with Crippen molar-refractivity contribution in [3.05, 3.63) is 59.2 Å². The second-order valence-electron chi connectivity index (χ2n) is 6.47. The Bertz CT molecular complexity index is 976. The maximum Gasteiger partial charge on any atom is -0.00212 e. The Labute approximate surface area is 124 Å². The highest BCUT2D eigenvalue weighted by molar-refractivity contribution is 6.24. The lowest BCUT2D eigenvalue weighted by molar-refractivity contribution is 0.687. The van der Waals surface area contributed by atoms with Crippen LogP contribution in [0.3, 0.4) is 0 Å². The molecular formula is C21H18. The molecule has 0 unspecified atom stereocenters.